The lowest BCUT2D eigenvalue weighted by Crippen LogP contribution is -2.30. The molecule has 1 heterocycles. The van der Waals surface area contributed by atoms with Crippen LogP contribution in [0.4, 0.5) is 5.82 Å². The van der Waals surface area contributed by atoms with Gasteiger partial charge in [-0.2, -0.15) is 4.98 Å². The van der Waals surface area contributed by atoms with E-state index in [2.05, 4.69) is 15.0 Å². The van der Waals surface area contributed by atoms with Crippen LogP contribution < -0.4 is 10.1 Å². The number of nitrogens with zero attached hydrogens (tertiary/aromatic N) is 1. The predicted molar refractivity (Wildman–Crippen MR) is 78.6 cm³/mol. The molecule has 1 aliphatic carbocycles. The van der Waals surface area contributed by atoms with Gasteiger partial charge < -0.3 is 19.9 Å². The van der Waals surface area contributed by atoms with Gasteiger partial charge in [0.25, 0.3) is 0 Å². The molecule has 0 aromatic carbocycles. The molecule has 1 saturated carbocycles. The zero-order chi connectivity index (χ0) is 15.2. The fourth-order valence-electron chi connectivity index (χ4n) is 2.62. The van der Waals surface area contributed by atoms with Gasteiger partial charge in [-0.05, 0) is 25.0 Å². The van der Waals surface area contributed by atoms with E-state index in [-0.39, 0.29) is 17.9 Å². The topological polar surface area (TPSA) is 80.7 Å². The van der Waals surface area contributed by atoms with Crippen molar-refractivity contribution in [1.82, 2.24) is 4.98 Å². The molecule has 1 aromatic rings. The standard InChI is InChI=1S/C15H22N2O4/c1-20-14-11(15(19)21-2)7-8-13(17-14)16-9-10-5-3-4-6-12(10)18/h7-8,10,12,18H,3-6,9H2,1-2H3,(H,16,17). The molecule has 0 spiro atoms. The molecule has 2 unspecified atom stereocenters. The predicted octanol–water partition coefficient (Wildman–Crippen LogP) is 1.84. The highest BCUT2D eigenvalue weighted by Gasteiger charge is 2.23. The maximum absolute atomic E-state index is 11.6. The van der Waals surface area contributed by atoms with Gasteiger partial charge in [-0.15, -0.1) is 0 Å². The van der Waals surface area contributed by atoms with E-state index in [1.54, 1.807) is 12.1 Å². The van der Waals surface area contributed by atoms with Gasteiger partial charge >= 0.3 is 5.97 Å². The largest absolute Gasteiger partial charge is 0.480 e. The van der Waals surface area contributed by atoms with E-state index in [1.807, 2.05) is 0 Å². The number of methoxy groups -OCH3 is 2. The van der Waals surface area contributed by atoms with E-state index in [4.69, 9.17) is 4.74 Å². The first-order valence-electron chi connectivity index (χ1n) is 7.21. The highest BCUT2D eigenvalue weighted by Crippen LogP contribution is 2.25. The molecule has 0 amide bonds. The first-order chi connectivity index (χ1) is 10.2. The number of aliphatic hydroxyl groups is 1. The first-order valence-corrected chi connectivity index (χ1v) is 7.21. The number of pyridine rings is 1. The molecule has 6 heteroatoms. The molecule has 0 aliphatic heterocycles. The van der Waals surface area contributed by atoms with Crippen LogP contribution in [0.2, 0.25) is 0 Å². The minimum atomic E-state index is -0.478. The Morgan fingerprint density at radius 2 is 2.14 bits per heavy atom. The van der Waals surface area contributed by atoms with Crippen LogP contribution in [0, 0.1) is 5.92 Å². The molecule has 116 valence electrons. The molecule has 0 saturated heterocycles. The monoisotopic (exact) mass is 294 g/mol. The smallest absolute Gasteiger partial charge is 0.343 e. The number of ether oxygens (including phenoxy) is 2. The Bertz CT molecular complexity index is 493. The Kier molecular flexibility index (Phi) is 5.38. The van der Waals surface area contributed by atoms with Crippen LogP contribution in [-0.4, -0.2) is 42.9 Å². The fraction of sp³-hybridized carbons (Fsp3) is 0.600. The number of hydrogen-bond acceptors (Lipinski definition) is 6. The molecule has 2 rings (SSSR count). The summed E-state index contributed by atoms with van der Waals surface area (Å²) >= 11 is 0. The van der Waals surface area contributed by atoms with E-state index < -0.39 is 5.97 Å². The van der Waals surface area contributed by atoms with Crippen molar-refractivity contribution in [1.29, 1.82) is 0 Å². The molecule has 1 aliphatic rings. The number of nitrogens with one attached hydrogen (secondary N) is 1. The lowest BCUT2D eigenvalue weighted by molar-refractivity contribution is 0.0596. The maximum atomic E-state index is 11.6. The molecular formula is C15H22N2O4. The fourth-order valence-corrected chi connectivity index (χ4v) is 2.62. The zero-order valence-corrected chi connectivity index (χ0v) is 12.5. The summed E-state index contributed by atoms with van der Waals surface area (Å²) in [5.41, 5.74) is 0.295. The SMILES string of the molecule is COC(=O)c1ccc(NCC2CCCCC2O)nc1OC. The van der Waals surface area contributed by atoms with E-state index in [9.17, 15) is 9.90 Å². The average Bonchev–Trinajstić information content (AvgIpc) is 2.53. The summed E-state index contributed by atoms with van der Waals surface area (Å²) < 4.78 is 9.80. The minimum absolute atomic E-state index is 0.232. The average molecular weight is 294 g/mol. The van der Waals surface area contributed by atoms with Crippen LogP contribution in [-0.2, 0) is 4.74 Å². The molecule has 0 bridgehead atoms. The summed E-state index contributed by atoms with van der Waals surface area (Å²) in [6.45, 7) is 0.662. The van der Waals surface area contributed by atoms with E-state index in [0.717, 1.165) is 25.7 Å². The van der Waals surface area contributed by atoms with Crippen molar-refractivity contribution in [3.8, 4) is 5.88 Å². The second-order valence-corrected chi connectivity index (χ2v) is 5.24. The Morgan fingerprint density at radius 3 is 2.81 bits per heavy atom. The van der Waals surface area contributed by atoms with Gasteiger partial charge in [-0.1, -0.05) is 12.8 Å². The molecular weight excluding hydrogens is 272 g/mol. The number of anilines is 1. The van der Waals surface area contributed by atoms with Crippen LogP contribution in [0.25, 0.3) is 0 Å². The van der Waals surface area contributed by atoms with Gasteiger partial charge in [-0.25, -0.2) is 4.79 Å². The summed E-state index contributed by atoms with van der Waals surface area (Å²) in [6.07, 6.45) is 3.89. The number of aromatic nitrogens is 1. The van der Waals surface area contributed by atoms with Crippen LogP contribution in [0.5, 0.6) is 5.88 Å². The van der Waals surface area contributed by atoms with Crippen molar-refractivity contribution in [3.63, 3.8) is 0 Å². The van der Waals surface area contributed by atoms with E-state index in [1.165, 1.54) is 14.2 Å². The molecule has 21 heavy (non-hydrogen) atoms. The number of aliphatic hydroxyl groups excluding tert-OH is 1. The quantitative estimate of drug-likeness (QED) is 0.807. The molecule has 6 nitrogen and oxygen atoms in total. The zero-order valence-electron chi connectivity index (χ0n) is 12.5. The number of esters is 1. The lowest BCUT2D eigenvalue weighted by atomic mass is 9.86. The van der Waals surface area contributed by atoms with Gasteiger partial charge in [-0.3, -0.25) is 0 Å². The Hall–Kier alpha value is -1.82. The summed E-state index contributed by atoms with van der Waals surface area (Å²) in [5.74, 6) is 0.619. The van der Waals surface area contributed by atoms with Gasteiger partial charge in [0.15, 0.2) is 0 Å². The molecule has 1 fully saturated rings. The highest BCUT2D eigenvalue weighted by molar-refractivity contribution is 5.92. The minimum Gasteiger partial charge on any atom is -0.480 e. The van der Waals surface area contributed by atoms with Crippen LogP contribution in [0.15, 0.2) is 12.1 Å². The van der Waals surface area contributed by atoms with Crippen molar-refractivity contribution in [2.45, 2.75) is 31.8 Å². The van der Waals surface area contributed by atoms with Crippen molar-refractivity contribution in [2.75, 3.05) is 26.1 Å². The lowest BCUT2D eigenvalue weighted by Gasteiger charge is -2.27. The number of carbonyl (C=O) groups excluding carboxylic acids is 1. The van der Waals surface area contributed by atoms with Crippen LogP contribution >= 0.6 is 0 Å². The number of rotatable bonds is 5. The third kappa shape index (κ3) is 3.85. The summed E-state index contributed by atoms with van der Waals surface area (Å²) in [5, 5.41) is 13.2. The Balaban J connectivity index is 2.02. The summed E-state index contributed by atoms with van der Waals surface area (Å²) in [7, 11) is 2.78. The van der Waals surface area contributed by atoms with Gasteiger partial charge in [0.2, 0.25) is 5.88 Å². The van der Waals surface area contributed by atoms with Gasteiger partial charge in [0.1, 0.15) is 11.4 Å². The molecule has 0 radical (unpaired) electrons. The summed E-state index contributed by atoms with van der Waals surface area (Å²) in [4.78, 5) is 15.8. The highest BCUT2D eigenvalue weighted by atomic mass is 16.5. The van der Waals surface area contributed by atoms with E-state index >= 15 is 0 Å². The van der Waals surface area contributed by atoms with Gasteiger partial charge in [0, 0.05) is 12.5 Å². The van der Waals surface area contributed by atoms with Crippen molar-refractivity contribution < 1.29 is 19.4 Å². The molecule has 1 aromatic heterocycles. The third-order valence-electron chi connectivity index (χ3n) is 3.87. The van der Waals surface area contributed by atoms with Crippen molar-refractivity contribution >= 4 is 11.8 Å². The normalized spacial score (nSPS) is 21.7. The summed E-state index contributed by atoms with van der Waals surface area (Å²) in [6, 6.07) is 3.33. The Morgan fingerprint density at radius 1 is 1.38 bits per heavy atom. The van der Waals surface area contributed by atoms with Crippen LogP contribution in [0.3, 0.4) is 0 Å². The first kappa shape index (κ1) is 15.6. The molecule has 2 N–H and O–H groups in total. The third-order valence-corrected chi connectivity index (χ3v) is 3.87. The second kappa shape index (κ2) is 7.26. The number of carbonyl (C=O) groups is 1. The van der Waals surface area contributed by atoms with Crippen LogP contribution in [0.1, 0.15) is 36.0 Å². The number of hydrogen-bond donors (Lipinski definition) is 2. The maximum Gasteiger partial charge on any atom is 0.343 e. The van der Waals surface area contributed by atoms with Crippen molar-refractivity contribution in [2.24, 2.45) is 5.92 Å². The Labute approximate surface area is 124 Å². The van der Waals surface area contributed by atoms with E-state index in [0.29, 0.717) is 17.9 Å². The van der Waals surface area contributed by atoms with Gasteiger partial charge in [0.05, 0.1) is 20.3 Å². The second-order valence-electron chi connectivity index (χ2n) is 5.24. The van der Waals surface area contributed by atoms with Crippen molar-refractivity contribution in [3.05, 3.63) is 17.7 Å². The molecule has 2 atom stereocenters.